The van der Waals surface area contributed by atoms with E-state index in [1.807, 2.05) is 30.3 Å². The van der Waals surface area contributed by atoms with Gasteiger partial charge in [-0.1, -0.05) is 30.3 Å². The Hall–Kier alpha value is -1.48. The minimum absolute atomic E-state index is 0.00575. The fourth-order valence-electron chi connectivity index (χ4n) is 4.90. The van der Waals surface area contributed by atoms with Crippen LogP contribution in [-0.2, 0) is 26.2 Å². The Labute approximate surface area is 160 Å². The Kier molecular flexibility index (Phi) is 4.78. The normalized spacial score (nSPS) is 32.8. The van der Waals surface area contributed by atoms with Crippen molar-refractivity contribution in [2.75, 3.05) is 33.7 Å². The molecule has 0 radical (unpaired) electrons. The fourth-order valence-corrected chi connectivity index (χ4v) is 6.10. The zero-order valence-corrected chi connectivity index (χ0v) is 16.6. The van der Waals surface area contributed by atoms with E-state index in [0.29, 0.717) is 26.1 Å². The molecular formula is C19H27N3O4S. The largest absolute Gasteiger partial charge is 0.370 e. The van der Waals surface area contributed by atoms with Crippen molar-refractivity contribution in [2.24, 2.45) is 11.8 Å². The van der Waals surface area contributed by atoms with Crippen LogP contribution in [0.15, 0.2) is 30.3 Å². The van der Waals surface area contributed by atoms with Crippen molar-refractivity contribution in [3.63, 3.8) is 0 Å². The Balaban J connectivity index is 1.41. The van der Waals surface area contributed by atoms with Crippen LogP contribution in [0.25, 0.3) is 0 Å². The fraction of sp³-hybridized carbons (Fsp3) is 0.632. The molecule has 27 heavy (non-hydrogen) atoms. The third-order valence-corrected chi connectivity index (χ3v) is 8.14. The van der Waals surface area contributed by atoms with Crippen molar-refractivity contribution < 1.29 is 17.9 Å². The van der Waals surface area contributed by atoms with E-state index in [1.54, 1.807) is 14.1 Å². The van der Waals surface area contributed by atoms with E-state index in [-0.39, 0.29) is 29.4 Å². The second-order valence-electron chi connectivity index (χ2n) is 8.08. The monoisotopic (exact) mass is 393 g/mol. The van der Waals surface area contributed by atoms with Crippen molar-refractivity contribution in [1.29, 1.82) is 0 Å². The van der Waals surface area contributed by atoms with Gasteiger partial charge in [0.25, 0.3) is 10.2 Å². The summed E-state index contributed by atoms with van der Waals surface area (Å²) in [6.07, 6.45) is 2.31. The molecule has 3 heterocycles. The molecule has 8 heteroatoms. The van der Waals surface area contributed by atoms with Crippen molar-refractivity contribution in [3.05, 3.63) is 35.9 Å². The highest BCUT2D eigenvalue weighted by Crippen LogP contribution is 2.55. The van der Waals surface area contributed by atoms with Crippen LogP contribution < -0.4 is 5.32 Å². The summed E-state index contributed by atoms with van der Waals surface area (Å²) in [4.78, 5) is 12.3. The first-order valence-electron chi connectivity index (χ1n) is 9.48. The lowest BCUT2D eigenvalue weighted by Gasteiger charge is -2.29. The SMILES string of the molecule is CN(C)S(=O)(=O)N1C[C@@H]2[C@H](CNC(=O)Cc3ccccc3)[C@H]3CC[C@]2(C1)O3. The Bertz CT molecular complexity index is 814. The van der Waals surface area contributed by atoms with Crippen LogP contribution in [0.1, 0.15) is 18.4 Å². The molecule has 0 unspecified atom stereocenters. The number of fused-ring (bicyclic) bond motifs is 1. The van der Waals surface area contributed by atoms with E-state index >= 15 is 0 Å². The average molecular weight is 394 g/mol. The highest BCUT2D eigenvalue weighted by atomic mass is 32.2. The molecule has 0 saturated carbocycles. The second-order valence-corrected chi connectivity index (χ2v) is 10.2. The summed E-state index contributed by atoms with van der Waals surface area (Å²) in [6, 6.07) is 9.66. The number of ether oxygens (including phenoxy) is 1. The molecule has 7 nitrogen and oxygen atoms in total. The Morgan fingerprint density at radius 1 is 1.33 bits per heavy atom. The first kappa shape index (κ1) is 18.9. The van der Waals surface area contributed by atoms with Crippen LogP contribution in [0.2, 0.25) is 0 Å². The third kappa shape index (κ3) is 3.29. The number of nitrogens with zero attached hydrogens (tertiary/aromatic N) is 2. The average Bonchev–Trinajstić information content (AvgIpc) is 3.29. The van der Waals surface area contributed by atoms with Crippen LogP contribution >= 0.6 is 0 Å². The predicted molar refractivity (Wildman–Crippen MR) is 101 cm³/mol. The molecular weight excluding hydrogens is 366 g/mol. The zero-order chi connectivity index (χ0) is 19.2. The molecule has 2 bridgehead atoms. The highest BCUT2D eigenvalue weighted by Gasteiger charge is 2.64. The van der Waals surface area contributed by atoms with Gasteiger partial charge in [0.05, 0.1) is 18.1 Å². The number of hydrogen-bond acceptors (Lipinski definition) is 4. The molecule has 1 spiro atoms. The maximum Gasteiger partial charge on any atom is 0.281 e. The number of nitrogens with one attached hydrogen (secondary N) is 1. The van der Waals surface area contributed by atoms with Gasteiger partial charge in [-0.05, 0) is 18.4 Å². The quantitative estimate of drug-likeness (QED) is 0.769. The molecule has 1 N–H and O–H groups in total. The van der Waals surface area contributed by atoms with Crippen molar-refractivity contribution in [3.8, 4) is 0 Å². The lowest BCUT2D eigenvalue weighted by atomic mass is 9.73. The molecule has 3 aliphatic heterocycles. The topological polar surface area (TPSA) is 79.0 Å². The lowest BCUT2D eigenvalue weighted by Crippen LogP contribution is -2.42. The molecule has 3 aliphatic rings. The van der Waals surface area contributed by atoms with Crippen molar-refractivity contribution >= 4 is 16.1 Å². The van der Waals surface area contributed by atoms with E-state index < -0.39 is 10.2 Å². The smallest absolute Gasteiger partial charge is 0.281 e. The van der Waals surface area contributed by atoms with Gasteiger partial charge in [0.2, 0.25) is 5.91 Å². The highest BCUT2D eigenvalue weighted by molar-refractivity contribution is 7.86. The summed E-state index contributed by atoms with van der Waals surface area (Å²) < 4.78 is 34.1. The summed E-state index contributed by atoms with van der Waals surface area (Å²) in [5.74, 6) is 0.303. The van der Waals surface area contributed by atoms with E-state index in [4.69, 9.17) is 4.74 Å². The molecule has 0 aromatic heterocycles. The van der Waals surface area contributed by atoms with Gasteiger partial charge in [-0.2, -0.15) is 17.0 Å². The van der Waals surface area contributed by atoms with E-state index in [2.05, 4.69) is 5.32 Å². The van der Waals surface area contributed by atoms with Crippen LogP contribution in [0.3, 0.4) is 0 Å². The molecule has 1 aromatic carbocycles. The van der Waals surface area contributed by atoms with E-state index in [1.165, 1.54) is 8.61 Å². The van der Waals surface area contributed by atoms with Crippen LogP contribution in [-0.4, -0.2) is 68.4 Å². The van der Waals surface area contributed by atoms with Gasteiger partial charge in [-0.15, -0.1) is 0 Å². The predicted octanol–water partition coefficient (Wildman–Crippen LogP) is 0.631. The van der Waals surface area contributed by atoms with Gasteiger partial charge in [0, 0.05) is 45.6 Å². The number of amides is 1. The summed E-state index contributed by atoms with van der Waals surface area (Å²) in [7, 11) is -0.332. The number of benzene rings is 1. The molecule has 3 fully saturated rings. The Morgan fingerprint density at radius 3 is 2.78 bits per heavy atom. The lowest BCUT2D eigenvalue weighted by molar-refractivity contribution is -0.120. The maximum atomic E-state index is 12.5. The van der Waals surface area contributed by atoms with Gasteiger partial charge >= 0.3 is 0 Å². The first-order chi connectivity index (χ1) is 12.8. The van der Waals surface area contributed by atoms with Crippen molar-refractivity contribution in [1.82, 2.24) is 13.9 Å². The summed E-state index contributed by atoms with van der Waals surface area (Å²) >= 11 is 0. The minimum atomic E-state index is -3.44. The number of carbonyl (C=O) groups excluding carboxylic acids is 1. The molecule has 3 saturated heterocycles. The maximum absolute atomic E-state index is 12.5. The third-order valence-electron chi connectivity index (χ3n) is 6.28. The van der Waals surface area contributed by atoms with E-state index in [0.717, 1.165) is 18.4 Å². The van der Waals surface area contributed by atoms with Crippen molar-refractivity contribution in [2.45, 2.75) is 31.0 Å². The minimum Gasteiger partial charge on any atom is -0.370 e. The summed E-state index contributed by atoms with van der Waals surface area (Å²) in [5.41, 5.74) is 0.613. The van der Waals surface area contributed by atoms with Gasteiger partial charge in [-0.3, -0.25) is 4.79 Å². The number of hydrogen-bond donors (Lipinski definition) is 1. The van der Waals surface area contributed by atoms with Gasteiger partial charge in [-0.25, -0.2) is 0 Å². The van der Waals surface area contributed by atoms with Crippen LogP contribution in [0, 0.1) is 11.8 Å². The van der Waals surface area contributed by atoms with Crippen LogP contribution in [0.5, 0.6) is 0 Å². The molecule has 1 amide bonds. The standard InChI is InChI=1S/C19H27N3O4S/c1-21(2)27(24,25)22-12-16-15(17-8-9-19(16,13-22)26-17)11-20-18(23)10-14-6-4-3-5-7-14/h3-7,15-17H,8-13H2,1-2H3,(H,20,23)/t15-,16+,17+,19+/m0/s1. The number of carbonyl (C=O) groups is 1. The van der Waals surface area contributed by atoms with Gasteiger partial charge in [0.1, 0.15) is 0 Å². The molecule has 1 aromatic rings. The second kappa shape index (κ2) is 6.84. The van der Waals surface area contributed by atoms with Crippen LogP contribution in [0.4, 0.5) is 0 Å². The molecule has 4 rings (SSSR count). The first-order valence-corrected chi connectivity index (χ1v) is 10.9. The Morgan fingerprint density at radius 2 is 2.07 bits per heavy atom. The zero-order valence-electron chi connectivity index (χ0n) is 15.8. The summed E-state index contributed by atoms with van der Waals surface area (Å²) in [6.45, 7) is 1.43. The van der Waals surface area contributed by atoms with Gasteiger partial charge < -0.3 is 10.1 Å². The molecule has 4 atom stereocenters. The summed E-state index contributed by atoms with van der Waals surface area (Å²) in [5, 5.41) is 3.05. The van der Waals surface area contributed by atoms with E-state index in [9.17, 15) is 13.2 Å². The van der Waals surface area contributed by atoms with Gasteiger partial charge in [0.15, 0.2) is 0 Å². The number of rotatable bonds is 6. The molecule has 0 aliphatic carbocycles. The molecule has 148 valence electrons.